The van der Waals surface area contributed by atoms with E-state index in [0.29, 0.717) is 13.0 Å². The molecule has 0 spiro atoms. The maximum atomic E-state index is 10.2. The van der Waals surface area contributed by atoms with Gasteiger partial charge in [-0.3, -0.25) is 4.79 Å². The van der Waals surface area contributed by atoms with Crippen molar-refractivity contribution in [1.82, 2.24) is 3.53 Å². The van der Waals surface area contributed by atoms with Crippen molar-refractivity contribution in [3.63, 3.8) is 0 Å². The highest BCUT2D eigenvalue weighted by molar-refractivity contribution is 14.1. The number of carbonyl (C=O) groups is 1. The molecule has 1 atom stereocenters. The molecule has 0 saturated carbocycles. The van der Waals surface area contributed by atoms with Crippen LogP contribution in [0.1, 0.15) is 6.42 Å². The summed E-state index contributed by atoms with van der Waals surface area (Å²) in [5, 5.41) is 8.38. The molecule has 1 unspecified atom stereocenters. The summed E-state index contributed by atoms with van der Waals surface area (Å²) >= 11 is 1.80. The van der Waals surface area contributed by atoms with E-state index in [2.05, 4.69) is 3.53 Å². The summed E-state index contributed by atoms with van der Waals surface area (Å²) in [5.74, 6) is -0.852. The van der Waals surface area contributed by atoms with Crippen molar-refractivity contribution in [3.8, 4) is 0 Å². The summed E-state index contributed by atoms with van der Waals surface area (Å²) in [7, 11) is 0. The summed E-state index contributed by atoms with van der Waals surface area (Å²) in [6.07, 6.45) is 0.471. The highest BCUT2D eigenvalue weighted by atomic mass is 127. The van der Waals surface area contributed by atoms with Gasteiger partial charge in [-0.1, -0.05) is 0 Å². The van der Waals surface area contributed by atoms with Crippen LogP contribution in [0.4, 0.5) is 0 Å². The molecule has 0 saturated heterocycles. The van der Waals surface area contributed by atoms with Gasteiger partial charge in [0.05, 0.1) is 0 Å². The first-order chi connectivity index (χ1) is 4.22. The van der Waals surface area contributed by atoms with Crippen molar-refractivity contribution < 1.29 is 9.90 Å². The highest BCUT2D eigenvalue weighted by Crippen LogP contribution is 1.91. The van der Waals surface area contributed by atoms with Crippen molar-refractivity contribution >= 4 is 28.8 Å². The van der Waals surface area contributed by atoms with Crippen molar-refractivity contribution in [2.24, 2.45) is 5.73 Å². The Kier molecular flexibility index (Phi) is 5.02. The van der Waals surface area contributed by atoms with Crippen LogP contribution >= 0.6 is 22.9 Å². The van der Waals surface area contributed by atoms with Crippen molar-refractivity contribution in [2.45, 2.75) is 12.5 Å². The molecule has 0 amide bonds. The molecule has 9 heavy (non-hydrogen) atoms. The van der Waals surface area contributed by atoms with Crippen LogP contribution in [0, 0.1) is 0 Å². The number of carboxylic acids is 1. The normalized spacial score (nSPS) is 13.1. The first-order valence-corrected chi connectivity index (χ1v) is 3.59. The van der Waals surface area contributed by atoms with Gasteiger partial charge >= 0.3 is 5.97 Å². The van der Waals surface area contributed by atoms with Gasteiger partial charge in [0.25, 0.3) is 0 Å². The first kappa shape index (κ1) is 9.12. The zero-order valence-electron chi connectivity index (χ0n) is 4.80. The summed E-state index contributed by atoms with van der Waals surface area (Å²) in [4.78, 5) is 10.2. The third-order valence-electron chi connectivity index (χ3n) is 0.885. The molecule has 0 aliphatic heterocycles. The quantitative estimate of drug-likeness (QED) is 0.470. The van der Waals surface area contributed by atoms with Crippen LogP contribution in [0.2, 0.25) is 0 Å². The molecule has 0 fully saturated rings. The average Bonchev–Trinajstić information content (AvgIpc) is 1.82. The van der Waals surface area contributed by atoms with E-state index < -0.39 is 12.0 Å². The number of hydrogen-bond acceptors (Lipinski definition) is 3. The molecule has 0 aromatic heterocycles. The van der Waals surface area contributed by atoms with Gasteiger partial charge in [-0.2, -0.15) is 0 Å². The summed E-state index contributed by atoms with van der Waals surface area (Å²) in [5.41, 5.74) is 5.14. The number of nitrogens with two attached hydrogens (primary N) is 1. The Labute approximate surface area is 67.3 Å². The lowest BCUT2D eigenvalue weighted by atomic mass is 10.2. The van der Waals surface area contributed by atoms with Crippen LogP contribution in [-0.2, 0) is 4.79 Å². The van der Waals surface area contributed by atoms with Crippen molar-refractivity contribution in [1.29, 1.82) is 0 Å². The number of halogens is 1. The minimum Gasteiger partial charge on any atom is -0.480 e. The number of rotatable bonds is 4. The molecule has 5 heteroatoms. The predicted molar refractivity (Wildman–Crippen MR) is 42.3 cm³/mol. The molecule has 0 aliphatic carbocycles. The maximum Gasteiger partial charge on any atom is 0.321 e. The van der Waals surface area contributed by atoms with Gasteiger partial charge in [0, 0.05) is 22.9 Å². The number of hydrogen-bond donors (Lipinski definition) is 3. The fourth-order valence-electron chi connectivity index (χ4n) is 0.391. The minimum absolute atomic E-state index is 0.396. The van der Waals surface area contributed by atoms with Crippen LogP contribution in [0.5, 0.6) is 0 Å². The standard InChI is InChI=1S/C4H9IN2O2/c5-7-3(1-2-6)4(8)9/h3,7H,1-2,6H2,(H,8,9). The second-order valence-corrected chi connectivity index (χ2v) is 2.20. The molecular formula is C4H9IN2O2. The summed E-state index contributed by atoms with van der Waals surface area (Å²) < 4.78 is 2.59. The van der Waals surface area contributed by atoms with Crippen molar-refractivity contribution in [2.75, 3.05) is 6.54 Å². The van der Waals surface area contributed by atoms with E-state index in [9.17, 15) is 4.79 Å². The van der Waals surface area contributed by atoms with Gasteiger partial charge < -0.3 is 10.8 Å². The van der Waals surface area contributed by atoms with E-state index in [1.54, 1.807) is 22.9 Å². The van der Waals surface area contributed by atoms with Crippen molar-refractivity contribution in [3.05, 3.63) is 0 Å². The average molecular weight is 244 g/mol. The number of nitrogens with one attached hydrogen (secondary N) is 1. The second-order valence-electron chi connectivity index (χ2n) is 1.58. The van der Waals surface area contributed by atoms with Gasteiger partial charge in [-0.15, -0.1) is 0 Å². The van der Waals surface area contributed by atoms with E-state index in [-0.39, 0.29) is 0 Å². The summed E-state index contributed by atoms with van der Waals surface area (Å²) in [6, 6.07) is -0.504. The number of aliphatic carboxylic acids is 1. The van der Waals surface area contributed by atoms with E-state index in [1.807, 2.05) is 0 Å². The van der Waals surface area contributed by atoms with Crippen LogP contribution in [0.15, 0.2) is 0 Å². The van der Waals surface area contributed by atoms with Gasteiger partial charge in [-0.25, -0.2) is 3.53 Å². The molecule has 0 aromatic rings. The Morgan fingerprint density at radius 3 is 2.56 bits per heavy atom. The molecule has 0 aromatic carbocycles. The lowest BCUT2D eigenvalue weighted by Gasteiger charge is -2.05. The Morgan fingerprint density at radius 1 is 1.89 bits per heavy atom. The van der Waals surface area contributed by atoms with Crippen LogP contribution in [-0.4, -0.2) is 23.7 Å². The fourth-order valence-corrected chi connectivity index (χ4v) is 0.969. The van der Waals surface area contributed by atoms with E-state index in [1.165, 1.54) is 0 Å². The van der Waals surface area contributed by atoms with Gasteiger partial charge in [0.15, 0.2) is 0 Å². The molecule has 0 bridgehead atoms. The van der Waals surface area contributed by atoms with Crippen LogP contribution in [0.3, 0.4) is 0 Å². The highest BCUT2D eigenvalue weighted by Gasteiger charge is 2.12. The Balaban J connectivity index is 3.54. The monoisotopic (exact) mass is 244 g/mol. The third kappa shape index (κ3) is 3.66. The molecule has 54 valence electrons. The lowest BCUT2D eigenvalue weighted by Crippen LogP contribution is -2.32. The Hall–Kier alpha value is 0.120. The fraction of sp³-hybridized carbons (Fsp3) is 0.750. The zero-order valence-corrected chi connectivity index (χ0v) is 6.96. The van der Waals surface area contributed by atoms with E-state index >= 15 is 0 Å². The predicted octanol–water partition coefficient (Wildman–Crippen LogP) is -0.272. The van der Waals surface area contributed by atoms with E-state index in [4.69, 9.17) is 10.8 Å². The molecule has 4 nitrogen and oxygen atoms in total. The topological polar surface area (TPSA) is 75.3 Å². The first-order valence-electron chi connectivity index (χ1n) is 2.51. The SMILES string of the molecule is NCCC(NI)C(=O)O. The Bertz CT molecular complexity index is 98.6. The van der Waals surface area contributed by atoms with Gasteiger partial charge in [0.1, 0.15) is 6.04 Å². The molecule has 0 rings (SSSR count). The zero-order chi connectivity index (χ0) is 7.28. The van der Waals surface area contributed by atoms with Crippen LogP contribution < -0.4 is 9.26 Å². The summed E-state index contributed by atoms with van der Waals surface area (Å²) in [6.45, 7) is 0.396. The molecule has 4 N–H and O–H groups in total. The maximum absolute atomic E-state index is 10.2. The largest absolute Gasteiger partial charge is 0.480 e. The van der Waals surface area contributed by atoms with Gasteiger partial charge in [0.2, 0.25) is 0 Å². The van der Waals surface area contributed by atoms with Crippen LogP contribution in [0.25, 0.3) is 0 Å². The third-order valence-corrected chi connectivity index (χ3v) is 1.64. The minimum atomic E-state index is -0.852. The molecular weight excluding hydrogens is 235 g/mol. The van der Waals surface area contributed by atoms with E-state index in [0.717, 1.165) is 0 Å². The molecule has 0 radical (unpaired) electrons. The second kappa shape index (κ2) is 4.95. The van der Waals surface area contributed by atoms with Gasteiger partial charge in [-0.05, 0) is 13.0 Å². The molecule has 0 heterocycles. The smallest absolute Gasteiger partial charge is 0.321 e. The lowest BCUT2D eigenvalue weighted by molar-refractivity contribution is -0.138. The molecule has 0 aliphatic rings. The number of carboxylic acid groups (broad SMARTS) is 1. The Morgan fingerprint density at radius 2 is 2.44 bits per heavy atom.